The molecule has 0 N–H and O–H groups in total. The Hall–Kier alpha value is -0.420. The average molecular weight is 287 g/mol. The zero-order valence-corrected chi connectivity index (χ0v) is 11.5. The molecule has 0 bridgehead atoms. The lowest BCUT2D eigenvalue weighted by molar-refractivity contribution is 0.215. The summed E-state index contributed by atoms with van der Waals surface area (Å²) in [4.78, 5) is 7.51. The van der Waals surface area contributed by atoms with Crippen LogP contribution in [0.5, 0.6) is 0 Å². The fraction of sp³-hybridized carbons (Fsp3) is 0.818. The van der Waals surface area contributed by atoms with Crippen LogP contribution in [0, 0.1) is 0 Å². The number of halogens is 1. The Morgan fingerprint density at radius 1 is 1.44 bits per heavy atom. The third kappa shape index (κ3) is 2.83. The van der Waals surface area contributed by atoms with E-state index in [4.69, 9.17) is 0 Å². The fourth-order valence-electron chi connectivity index (χ4n) is 2.08. The first-order valence-electron chi connectivity index (χ1n) is 5.91. The normalized spacial score (nSPS) is 19.5. The monoisotopic (exact) mass is 286 g/mol. The highest BCUT2D eigenvalue weighted by atomic mass is 79.9. The van der Waals surface area contributed by atoms with Crippen LogP contribution in [0.15, 0.2) is 6.33 Å². The van der Waals surface area contributed by atoms with E-state index in [0.717, 1.165) is 25.5 Å². The number of piperidine rings is 1. The summed E-state index contributed by atoms with van der Waals surface area (Å²) >= 11 is 3.67. The molecular formula is C11H19BrN4. The van der Waals surface area contributed by atoms with Crippen LogP contribution in [0.4, 0.5) is 0 Å². The first-order valence-corrected chi connectivity index (χ1v) is 6.83. The van der Waals surface area contributed by atoms with Crippen LogP contribution in [-0.4, -0.2) is 37.6 Å². The number of likely N-dealkylation sites (tertiary alicyclic amines) is 1. The van der Waals surface area contributed by atoms with Crippen LogP contribution in [0.3, 0.4) is 0 Å². The second kappa shape index (κ2) is 5.27. The Labute approximate surface area is 105 Å². The van der Waals surface area contributed by atoms with Gasteiger partial charge in [-0.25, -0.2) is 9.67 Å². The molecule has 2 rings (SSSR count). The highest BCUT2D eigenvalue weighted by Crippen LogP contribution is 2.19. The van der Waals surface area contributed by atoms with Crippen LogP contribution in [0.2, 0.25) is 0 Å². The maximum Gasteiger partial charge on any atom is 0.141 e. The zero-order valence-electron chi connectivity index (χ0n) is 9.93. The summed E-state index contributed by atoms with van der Waals surface area (Å²) < 4.78 is 2.01. The molecule has 0 atom stereocenters. The van der Waals surface area contributed by atoms with E-state index in [0.29, 0.717) is 10.9 Å². The average Bonchev–Trinajstić information content (AvgIpc) is 2.69. The number of alkyl halides is 1. The van der Waals surface area contributed by atoms with Crippen molar-refractivity contribution >= 4 is 15.9 Å². The summed E-state index contributed by atoms with van der Waals surface area (Å²) in [6.45, 7) is 7.52. The maximum absolute atomic E-state index is 4.35. The number of rotatable bonds is 3. The van der Waals surface area contributed by atoms with Crippen molar-refractivity contribution in [3.8, 4) is 0 Å². The number of nitrogens with zero attached hydrogens (tertiary/aromatic N) is 4. The van der Waals surface area contributed by atoms with Gasteiger partial charge < -0.3 is 0 Å². The summed E-state index contributed by atoms with van der Waals surface area (Å²) in [6.07, 6.45) is 4.12. The van der Waals surface area contributed by atoms with Gasteiger partial charge in [0.25, 0.3) is 0 Å². The molecule has 1 aliphatic heterocycles. The zero-order chi connectivity index (χ0) is 11.5. The van der Waals surface area contributed by atoms with Gasteiger partial charge in [-0.15, -0.1) is 0 Å². The van der Waals surface area contributed by atoms with E-state index >= 15 is 0 Å². The van der Waals surface area contributed by atoms with E-state index in [1.807, 2.05) is 4.68 Å². The van der Waals surface area contributed by atoms with E-state index in [1.165, 1.54) is 12.8 Å². The van der Waals surface area contributed by atoms with Crippen molar-refractivity contribution in [3.63, 3.8) is 0 Å². The minimum absolute atomic E-state index is 0.395. The van der Waals surface area contributed by atoms with Crippen LogP contribution < -0.4 is 0 Å². The first kappa shape index (κ1) is 12.0. The molecule has 0 amide bonds. The third-order valence-corrected chi connectivity index (χ3v) is 3.93. The van der Waals surface area contributed by atoms with E-state index in [2.05, 4.69) is 44.8 Å². The standard InChI is InChI=1S/C11H19BrN4/c1-9(2)16-11(13-8-14-16)7-15-5-3-10(12)4-6-15/h8-10H,3-7H2,1-2H3. The first-order chi connectivity index (χ1) is 7.66. The van der Waals surface area contributed by atoms with Gasteiger partial charge in [0.1, 0.15) is 12.2 Å². The molecular weight excluding hydrogens is 268 g/mol. The van der Waals surface area contributed by atoms with Crippen molar-refractivity contribution in [2.75, 3.05) is 13.1 Å². The van der Waals surface area contributed by atoms with Gasteiger partial charge in [-0.3, -0.25) is 4.90 Å². The van der Waals surface area contributed by atoms with E-state index in [9.17, 15) is 0 Å². The predicted molar refractivity (Wildman–Crippen MR) is 67.6 cm³/mol. The molecule has 16 heavy (non-hydrogen) atoms. The SMILES string of the molecule is CC(C)n1ncnc1CN1CCC(Br)CC1. The van der Waals surface area contributed by atoms with Crippen molar-refractivity contribution in [2.24, 2.45) is 0 Å². The highest BCUT2D eigenvalue weighted by Gasteiger charge is 2.19. The molecule has 90 valence electrons. The van der Waals surface area contributed by atoms with Gasteiger partial charge in [0.2, 0.25) is 0 Å². The molecule has 1 aliphatic rings. The van der Waals surface area contributed by atoms with Crippen molar-refractivity contribution in [2.45, 2.75) is 44.1 Å². The minimum atomic E-state index is 0.395. The lowest BCUT2D eigenvalue weighted by Crippen LogP contribution is -2.34. The molecule has 1 aromatic heterocycles. The molecule has 1 saturated heterocycles. The largest absolute Gasteiger partial charge is 0.296 e. The number of hydrogen-bond acceptors (Lipinski definition) is 3. The molecule has 0 aromatic carbocycles. The fourth-order valence-corrected chi connectivity index (χ4v) is 2.49. The van der Waals surface area contributed by atoms with Crippen LogP contribution >= 0.6 is 15.9 Å². The van der Waals surface area contributed by atoms with Gasteiger partial charge in [-0.1, -0.05) is 15.9 Å². The molecule has 1 fully saturated rings. The van der Waals surface area contributed by atoms with Gasteiger partial charge in [0.15, 0.2) is 0 Å². The smallest absolute Gasteiger partial charge is 0.141 e. The van der Waals surface area contributed by atoms with Crippen LogP contribution in [0.1, 0.15) is 38.6 Å². The molecule has 0 radical (unpaired) electrons. The Kier molecular flexibility index (Phi) is 3.97. The van der Waals surface area contributed by atoms with Gasteiger partial charge in [0.05, 0.1) is 6.54 Å². The lowest BCUT2D eigenvalue weighted by atomic mass is 10.1. The van der Waals surface area contributed by atoms with Crippen LogP contribution in [0.25, 0.3) is 0 Å². The quantitative estimate of drug-likeness (QED) is 0.799. The Balaban J connectivity index is 1.96. The molecule has 4 nitrogen and oxygen atoms in total. The van der Waals surface area contributed by atoms with Crippen molar-refractivity contribution in [1.29, 1.82) is 0 Å². The van der Waals surface area contributed by atoms with Crippen LogP contribution in [-0.2, 0) is 6.54 Å². The van der Waals surface area contributed by atoms with E-state index < -0.39 is 0 Å². The van der Waals surface area contributed by atoms with E-state index in [-0.39, 0.29) is 0 Å². The topological polar surface area (TPSA) is 34.0 Å². The minimum Gasteiger partial charge on any atom is -0.296 e. The Morgan fingerprint density at radius 2 is 2.12 bits per heavy atom. The van der Waals surface area contributed by atoms with Gasteiger partial charge in [-0.2, -0.15) is 5.10 Å². The molecule has 0 aliphatic carbocycles. The maximum atomic E-state index is 4.35. The number of aromatic nitrogens is 3. The van der Waals surface area contributed by atoms with Gasteiger partial charge in [-0.05, 0) is 39.8 Å². The molecule has 0 unspecified atom stereocenters. The Morgan fingerprint density at radius 3 is 2.75 bits per heavy atom. The lowest BCUT2D eigenvalue weighted by Gasteiger charge is -2.29. The molecule has 5 heteroatoms. The van der Waals surface area contributed by atoms with Gasteiger partial charge in [0, 0.05) is 10.9 Å². The second-order valence-corrected chi connectivity index (χ2v) is 5.96. The molecule has 2 heterocycles. The summed E-state index contributed by atoms with van der Waals surface area (Å²) in [5.74, 6) is 1.09. The van der Waals surface area contributed by atoms with Crippen molar-refractivity contribution in [1.82, 2.24) is 19.7 Å². The van der Waals surface area contributed by atoms with E-state index in [1.54, 1.807) is 6.33 Å². The second-order valence-electron chi connectivity index (χ2n) is 4.67. The highest BCUT2D eigenvalue weighted by molar-refractivity contribution is 9.09. The third-order valence-electron chi connectivity index (χ3n) is 3.02. The number of hydrogen-bond donors (Lipinski definition) is 0. The van der Waals surface area contributed by atoms with Crippen molar-refractivity contribution < 1.29 is 0 Å². The molecule has 1 aromatic rings. The molecule has 0 saturated carbocycles. The predicted octanol–water partition coefficient (Wildman–Crippen LogP) is 2.22. The summed E-state index contributed by atoms with van der Waals surface area (Å²) in [5, 5.41) is 4.27. The van der Waals surface area contributed by atoms with Gasteiger partial charge >= 0.3 is 0 Å². The Bertz CT molecular complexity index is 328. The summed E-state index contributed by atoms with van der Waals surface area (Å²) in [7, 11) is 0. The molecule has 0 spiro atoms. The summed E-state index contributed by atoms with van der Waals surface area (Å²) in [5.41, 5.74) is 0. The van der Waals surface area contributed by atoms with Crippen molar-refractivity contribution in [3.05, 3.63) is 12.2 Å². The summed E-state index contributed by atoms with van der Waals surface area (Å²) in [6, 6.07) is 0.395.